The van der Waals surface area contributed by atoms with E-state index < -0.39 is 30.5 Å². The average Bonchev–Trinajstić information content (AvgIpc) is 2.69. The van der Waals surface area contributed by atoms with E-state index in [9.17, 15) is 14.0 Å². The summed E-state index contributed by atoms with van der Waals surface area (Å²) in [6.07, 6.45) is 2.21. The van der Waals surface area contributed by atoms with Crippen LogP contribution in [0.15, 0.2) is 27.9 Å². The molecule has 0 aliphatic rings. The van der Waals surface area contributed by atoms with E-state index in [2.05, 4.69) is 48.8 Å². The van der Waals surface area contributed by atoms with Crippen molar-refractivity contribution >= 4 is 31.0 Å². The van der Waals surface area contributed by atoms with Gasteiger partial charge in [-0.1, -0.05) is 46.2 Å². The summed E-state index contributed by atoms with van der Waals surface area (Å²) in [5.74, 6) is -0.871. The van der Waals surface area contributed by atoms with E-state index in [1.54, 1.807) is 6.20 Å². The first-order valence-corrected chi connectivity index (χ1v) is 14.2. The lowest BCUT2D eigenvalue weighted by atomic mass is 10.0. The van der Waals surface area contributed by atoms with Crippen molar-refractivity contribution in [2.24, 2.45) is 0 Å². The van der Waals surface area contributed by atoms with Gasteiger partial charge < -0.3 is 4.43 Å². The van der Waals surface area contributed by atoms with Gasteiger partial charge in [-0.05, 0) is 48.2 Å². The zero-order valence-electron chi connectivity index (χ0n) is 20.0. The number of nitrogens with zero attached hydrogens (tertiary/aromatic N) is 3. The molecule has 7 nitrogen and oxygen atoms in total. The fourth-order valence-corrected chi connectivity index (χ4v) is 4.53. The SMILES string of the molecule is CC(C)c1nccc(CCO[Si](C)(C)C(C)(C)C)c1-n1c(=O)[nH]c(=O)c2cc(F)c(Cl)nc21. The highest BCUT2D eigenvalue weighted by Gasteiger charge is 2.37. The molecule has 3 aromatic rings. The molecule has 178 valence electrons. The second kappa shape index (κ2) is 9.12. The molecule has 0 bridgehead atoms. The molecular weight excluding hydrogens is 463 g/mol. The molecule has 1 N–H and O–H groups in total. The number of pyridine rings is 2. The highest BCUT2D eigenvalue weighted by molar-refractivity contribution is 6.74. The van der Waals surface area contributed by atoms with Crippen LogP contribution in [0.25, 0.3) is 16.7 Å². The van der Waals surface area contributed by atoms with Crippen molar-refractivity contribution in [3.63, 3.8) is 0 Å². The normalized spacial score (nSPS) is 12.7. The van der Waals surface area contributed by atoms with Crippen LogP contribution in [0.4, 0.5) is 4.39 Å². The number of halogens is 2. The molecule has 0 atom stereocenters. The summed E-state index contributed by atoms with van der Waals surface area (Å²) in [5.41, 5.74) is 0.531. The number of fused-ring (bicyclic) bond motifs is 1. The van der Waals surface area contributed by atoms with Crippen molar-refractivity contribution in [1.82, 2.24) is 19.5 Å². The largest absolute Gasteiger partial charge is 0.416 e. The lowest BCUT2D eigenvalue weighted by molar-refractivity contribution is 0.292. The highest BCUT2D eigenvalue weighted by atomic mass is 35.5. The summed E-state index contributed by atoms with van der Waals surface area (Å²) in [4.78, 5) is 36.2. The van der Waals surface area contributed by atoms with Gasteiger partial charge in [0.1, 0.15) is 0 Å². The molecule has 0 spiro atoms. The zero-order valence-corrected chi connectivity index (χ0v) is 21.8. The lowest BCUT2D eigenvalue weighted by Gasteiger charge is -2.36. The molecule has 0 radical (unpaired) electrons. The summed E-state index contributed by atoms with van der Waals surface area (Å²) in [6.45, 7) is 15.3. The van der Waals surface area contributed by atoms with Crippen LogP contribution >= 0.6 is 11.6 Å². The summed E-state index contributed by atoms with van der Waals surface area (Å²) in [5, 5.41) is -0.425. The van der Waals surface area contributed by atoms with Crippen molar-refractivity contribution < 1.29 is 8.82 Å². The topological polar surface area (TPSA) is 89.9 Å². The van der Waals surface area contributed by atoms with Gasteiger partial charge in [0.25, 0.3) is 5.56 Å². The number of nitrogens with one attached hydrogen (secondary N) is 1. The summed E-state index contributed by atoms with van der Waals surface area (Å²) >= 11 is 5.93. The Morgan fingerprint density at radius 3 is 2.55 bits per heavy atom. The molecule has 0 aromatic carbocycles. The summed E-state index contributed by atoms with van der Waals surface area (Å²) in [7, 11) is -1.97. The fraction of sp³-hybridized carbons (Fsp3) is 0.478. The van der Waals surface area contributed by atoms with Crippen molar-refractivity contribution in [3.8, 4) is 5.69 Å². The molecule has 0 aliphatic heterocycles. The molecule has 3 heterocycles. The quantitative estimate of drug-likeness (QED) is 0.388. The second-order valence-corrected chi connectivity index (χ2v) is 15.1. The van der Waals surface area contributed by atoms with Crippen molar-refractivity contribution in [1.29, 1.82) is 0 Å². The summed E-state index contributed by atoms with van der Waals surface area (Å²) < 4.78 is 21.7. The van der Waals surface area contributed by atoms with E-state index >= 15 is 0 Å². The lowest BCUT2D eigenvalue weighted by Crippen LogP contribution is -2.41. The van der Waals surface area contributed by atoms with Crippen LogP contribution in [0.2, 0.25) is 23.3 Å². The predicted molar refractivity (Wildman–Crippen MR) is 132 cm³/mol. The van der Waals surface area contributed by atoms with Crippen molar-refractivity contribution in [2.45, 2.75) is 65.1 Å². The van der Waals surface area contributed by atoms with Crippen LogP contribution in [0, 0.1) is 5.82 Å². The number of H-pyrrole nitrogens is 1. The smallest absolute Gasteiger partial charge is 0.334 e. The van der Waals surface area contributed by atoms with E-state index in [0.717, 1.165) is 11.6 Å². The molecule has 0 saturated heterocycles. The fourth-order valence-electron chi connectivity index (χ4n) is 3.35. The van der Waals surface area contributed by atoms with Crippen molar-refractivity contribution in [3.05, 3.63) is 61.4 Å². The minimum atomic E-state index is -1.97. The third kappa shape index (κ3) is 4.95. The van der Waals surface area contributed by atoms with E-state index in [-0.39, 0.29) is 22.0 Å². The van der Waals surface area contributed by atoms with E-state index in [0.29, 0.717) is 24.4 Å². The molecule has 0 saturated carbocycles. The van der Waals surface area contributed by atoms with Gasteiger partial charge >= 0.3 is 5.69 Å². The minimum Gasteiger partial charge on any atom is -0.416 e. The molecule has 0 fully saturated rings. The Morgan fingerprint density at radius 2 is 1.94 bits per heavy atom. The van der Waals surface area contributed by atoms with Gasteiger partial charge in [0, 0.05) is 12.8 Å². The van der Waals surface area contributed by atoms with Crippen LogP contribution < -0.4 is 11.2 Å². The minimum absolute atomic E-state index is 0.0170. The monoisotopic (exact) mass is 492 g/mol. The van der Waals surface area contributed by atoms with Crippen LogP contribution in [-0.2, 0) is 10.8 Å². The Hall–Kier alpha value is -2.36. The van der Waals surface area contributed by atoms with Gasteiger partial charge in [-0.15, -0.1) is 0 Å². The number of aromatic nitrogens is 4. The molecule has 0 amide bonds. The van der Waals surface area contributed by atoms with Crippen molar-refractivity contribution in [2.75, 3.05) is 6.61 Å². The van der Waals surface area contributed by atoms with E-state index in [1.807, 2.05) is 19.9 Å². The van der Waals surface area contributed by atoms with Gasteiger partial charge in [-0.25, -0.2) is 18.7 Å². The number of rotatable bonds is 6. The first kappa shape index (κ1) is 25.3. The molecule has 3 rings (SSSR count). The Balaban J connectivity index is 2.22. The second-order valence-electron chi connectivity index (χ2n) is 9.94. The summed E-state index contributed by atoms with van der Waals surface area (Å²) in [6, 6.07) is 2.82. The first-order chi connectivity index (χ1) is 15.2. The molecule has 0 aliphatic carbocycles. The maximum Gasteiger partial charge on any atom is 0.334 e. The number of hydrogen-bond donors (Lipinski definition) is 1. The third-order valence-corrected chi connectivity index (χ3v) is 11.0. The maximum atomic E-state index is 14.1. The average molecular weight is 493 g/mol. The van der Waals surface area contributed by atoms with Crippen LogP contribution in [0.5, 0.6) is 0 Å². The third-order valence-electron chi connectivity index (χ3n) is 6.24. The van der Waals surface area contributed by atoms with Gasteiger partial charge in [0.2, 0.25) is 0 Å². The van der Waals surface area contributed by atoms with Gasteiger partial charge in [-0.2, -0.15) is 0 Å². The van der Waals surface area contributed by atoms with Crippen LogP contribution in [-0.4, -0.2) is 34.4 Å². The standard InChI is InChI=1S/C23H30ClFN4O3Si/c1-13(2)17-18(14(8-10-26-17)9-11-32-33(6,7)23(3,4)5)29-20-15(21(30)28-22(29)31)12-16(25)19(24)27-20/h8,10,12-13H,9,11H2,1-7H3,(H,28,30,31). The number of aromatic amines is 1. The molecule has 3 aromatic heterocycles. The van der Waals surface area contributed by atoms with Gasteiger partial charge in [0.15, 0.2) is 24.9 Å². The van der Waals surface area contributed by atoms with Crippen LogP contribution in [0.3, 0.4) is 0 Å². The predicted octanol–water partition coefficient (Wildman–Crippen LogP) is 4.95. The molecule has 0 unspecified atom stereocenters. The van der Waals surface area contributed by atoms with Gasteiger partial charge in [-0.3, -0.25) is 14.8 Å². The van der Waals surface area contributed by atoms with E-state index in [1.165, 1.54) is 4.57 Å². The first-order valence-electron chi connectivity index (χ1n) is 10.9. The highest BCUT2D eigenvalue weighted by Crippen LogP contribution is 2.36. The Labute approximate surface area is 198 Å². The zero-order chi connectivity index (χ0) is 24.7. The van der Waals surface area contributed by atoms with Crippen LogP contribution in [0.1, 0.15) is 51.8 Å². The Bertz CT molecular complexity index is 1310. The van der Waals surface area contributed by atoms with E-state index in [4.69, 9.17) is 16.0 Å². The number of hydrogen-bond acceptors (Lipinski definition) is 5. The Morgan fingerprint density at radius 1 is 1.27 bits per heavy atom. The molecule has 33 heavy (non-hydrogen) atoms. The Kier molecular flexibility index (Phi) is 6.98. The van der Waals surface area contributed by atoms with Gasteiger partial charge in [0.05, 0.1) is 16.8 Å². The maximum absolute atomic E-state index is 14.1. The molecule has 10 heteroatoms. The molecular formula is C23H30ClFN4O3Si.